The lowest BCUT2D eigenvalue weighted by atomic mass is 10.0. The number of nitrogens with one attached hydrogen (secondary N) is 4. The molecule has 12 nitrogen and oxygen atoms in total. The van der Waals surface area contributed by atoms with Gasteiger partial charge in [-0.05, 0) is 23.6 Å². The van der Waals surface area contributed by atoms with Crippen LogP contribution in [0.4, 0.5) is 0 Å². The minimum Gasteiger partial charge on any atom is -0.480 e. The maximum absolute atomic E-state index is 13.3. The predicted octanol–water partition coefficient (Wildman–Crippen LogP) is -0.284. The van der Waals surface area contributed by atoms with Gasteiger partial charge in [0.25, 0.3) is 0 Å². The van der Waals surface area contributed by atoms with E-state index in [2.05, 4.69) is 20.9 Å². The normalized spacial score (nSPS) is 13.2. The van der Waals surface area contributed by atoms with Crippen LogP contribution in [-0.4, -0.2) is 64.4 Å². The number of aliphatic carboxylic acids is 1. The molecule has 3 rings (SSSR count). The van der Waals surface area contributed by atoms with Crippen molar-refractivity contribution in [1.29, 1.82) is 0 Å². The smallest absolute Gasteiger partial charge is 0.326 e. The Labute approximate surface area is 224 Å². The van der Waals surface area contributed by atoms with Crippen LogP contribution in [0, 0.1) is 0 Å². The van der Waals surface area contributed by atoms with Crippen LogP contribution in [0.25, 0.3) is 10.9 Å². The van der Waals surface area contributed by atoms with Crippen molar-refractivity contribution < 1.29 is 29.1 Å². The summed E-state index contributed by atoms with van der Waals surface area (Å²) in [5.41, 5.74) is 13.0. The van der Waals surface area contributed by atoms with E-state index in [4.69, 9.17) is 11.5 Å². The molecule has 0 aliphatic carbocycles. The fourth-order valence-corrected chi connectivity index (χ4v) is 4.13. The molecule has 0 radical (unpaired) electrons. The van der Waals surface area contributed by atoms with Gasteiger partial charge in [0.2, 0.25) is 23.6 Å². The van der Waals surface area contributed by atoms with Gasteiger partial charge in [-0.15, -0.1) is 0 Å². The average molecular weight is 537 g/mol. The third-order valence-corrected chi connectivity index (χ3v) is 6.15. The lowest BCUT2D eigenvalue weighted by Gasteiger charge is -2.24. The van der Waals surface area contributed by atoms with Crippen molar-refractivity contribution in [3.8, 4) is 0 Å². The zero-order valence-corrected chi connectivity index (χ0v) is 21.2. The molecule has 1 aromatic heterocycles. The van der Waals surface area contributed by atoms with Crippen LogP contribution in [0.5, 0.6) is 0 Å². The number of para-hydroxylation sites is 1. The van der Waals surface area contributed by atoms with Crippen molar-refractivity contribution >= 4 is 40.5 Å². The van der Waals surface area contributed by atoms with Gasteiger partial charge in [-0.25, -0.2) is 4.79 Å². The van der Waals surface area contributed by atoms with E-state index in [9.17, 15) is 29.1 Å². The number of carbonyl (C=O) groups excluding carboxylic acids is 4. The maximum Gasteiger partial charge on any atom is 0.326 e. The highest BCUT2D eigenvalue weighted by molar-refractivity contribution is 5.94. The van der Waals surface area contributed by atoms with E-state index in [-0.39, 0.29) is 32.2 Å². The molecule has 3 unspecified atom stereocenters. The molecule has 0 saturated carbocycles. The Morgan fingerprint density at radius 2 is 1.46 bits per heavy atom. The molecule has 3 atom stereocenters. The van der Waals surface area contributed by atoms with E-state index in [1.165, 1.54) is 0 Å². The van der Waals surface area contributed by atoms with Gasteiger partial charge >= 0.3 is 5.97 Å². The number of nitrogens with two attached hydrogens (primary N) is 2. The van der Waals surface area contributed by atoms with Crippen LogP contribution < -0.4 is 27.4 Å². The van der Waals surface area contributed by atoms with E-state index in [1.54, 1.807) is 36.5 Å². The van der Waals surface area contributed by atoms with E-state index < -0.39 is 47.7 Å². The first-order valence-electron chi connectivity index (χ1n) is 12.4. The van der Waals surface area contributed by atoms with Gasteiger partial charge in [-0.3, -0.25) is 19.2 Å². The van der Waals surface area contributed by atoms with E-state index >= 15 is 0 Å². The Morgan fingerprint density at radius 1 is 0.821 bits per heavy atom. The van der Waals surface area contributed by atoms with Crippen molar-refractivity contribution in [2.45, 2.75) is 43.8 Å². The molecule has 1 heterocycles. The van der Waals surface area contributed by atoms with Gasteiger partial charge in [-0.2, -0.15) is 0 Å². The van der Waals surface area contributed by atoms with E-state index in [1.807, 2.05) is 24.3 Å². The lowest BCUT2D eigenvalue weighted by molar-refractivity contribution is -0.142. The first-order valence-corrected chi connectivity index (χ1v) is 12.4. The largest absolute Gasteiger partial charge is 0.480 e. The number of carboxylic acid groups (broad SMARTS) is 1. The first-order chi connectivity index (χ1) is 18.7. The van der Waals surface area contributed by atoms with Crippen LogP contribution in [0.3, 0.4) is 0 Å². The Morgan fingerprint density at radius 3 is 2.13 bits per heavy atom. The van der Waals surface area contributed by atoms with Crippen molar-refractivity contribution in [2.75, 3.05) is 6.54 Å². The second-order valence-electron chi connectivity index (χ2n) is 9.04. The second-order valence-corrected chi connectivity index (χ2v) is 9.04. The van der Waals surface area contributed by atoms with Crippen LogP contribution >= 0.6 is 0 Å². The van der Waals surface area contributed by atoms with Gasteiger partial charge in [0.05, 0.1) is 6.54 Å². The molecule has 9 N–H and O–H groups in total. The molecule has 0 saturated heterocycles. The van der Waals surface area contributed by atoms with Gasteiger partial charge in [0, 0.05) is 36.4 Å². The minimum absolute atomic E-state index is 0.00808. The highest BCUT2D eigenvalue weighted by Gasteiger charge is 2.30. The fourth-order valence-electron chi connectivity index (χ4n) is 4.13. The number of amides is 4. The molecule has 0 spiro atoms. The SMILES string of the molecule is NCC(=O)NC(Cc1c[nH]c2ccccc12)C(=O)NC(CCC(N)=O)C(=O)NC(Cc1ccccc1)C(=O)O. The second kappa shape index (κ2) is 13.7. The summed E-state index contributed by atoms with van der Waals surface area (Å²) in [4.78, 5) is 65.0. The van der Waals surface area contributed by atoms with Gasteiger partial charge in [0.15, 0.2) is 0 Å². The Kier molecular flexibility index (Phi) is 10.2. The third kappa shape index (κ3) is 8.40. The molecule has 0 fully saturated rings. The Hall–Kier alpha value is -4.71. The summed E-state index contributed by atoms with van der Waals surface area (Å²) < 4.78 is 0. The van der Waals surface area contributed by atoms with Gasteiger partial charge < -0.3 is 37.5 Å². The summed E-state index contributed by atoms with van der Waals surface area (Å²) in [5.74, 6) is -4.06. The molecule has 2 aromatic carbocycles. The highest BCUT2D eigenvalue weighted by Crippen LogP contribution is 2.19. The summed E-state index contributed by atoms with van der Waals surface area (Å²) in [6.07, 6.45) is 1.40. The number of aromatic amines is 1. The summed E-state index contributed by atoms with van der Waals surface area (Å²) in [6.45, 7) is -0.358. The van der Waals surface area contributed by atoms with Crippen LogP contribution in [0.15, 0.2) is 60.8 Å². The quantitative estimate of drug-likeness (QED) is 0.146. The molecule has 4 amide bonds. The van der Waals surface area contributed by atoms with Crippen molar-refractivity contribution in [1.82, 2.24) is 20.9 Å². The Balaban J connectivity index is 1.79. The number of fused-ring (bicyclic) bond motifs is 1. The zero-order chi connectivity index (χ0) is 28.4. The average Bonchev–Trinajstić information content (AvgIpc) is 3.33. The zero-order valence-electron chi connectivity index (χ0n) is 21.2. The summed E-state index contributed by atoms with van der Waals surface area (Å²) in [5, 5.41) is 18.1. The lowest BCUT2D eigenvalue weighted by Crippen LogP contribution is -2.57. The Bertz CT molecular complexity index is 1320. The number of hydrogen-bond donors (Lipinski definition) is 7. The molecule has 0 aliphatic heterocycles. The molecular formula is C27H32N6O6. The fraction of sp³-hybridized carbons (Fsp3) is 0.296. The number of aromatic nitrogens is 1. The number of rotatable bonds is 14. The number of carboxylic acids is 1. The molecule has 206 valence electrons. The molecule has 39 heavy (non-hydrogen) atoms. The summed E-state index contributed by atoms with van der Waals surface area (Å²) >= 11 is 0. The van der Waals surface area contributed by atoms with Crippen LogP contribution in [-0.2, 0) is 36.8 Å². The molecular weight excluding hydrogens is 504 g/mol. The molecule has 3 aromatic rings. The highest BCUT2D eigenvalue weighted by atomic mass is 16.4. The number of primary amides is 1. The summed E-state index contributed by atoms with van der Waals surface area (Å²) in [6, 6.07) is 12.5. The minimum atomic E-state index is -1.29. The maximum atomic E-state index is 13.3. The predicted molar refractivity (Wildman–Crippen MR) is 143 cm³/mol. The standard InChI is InChI=1S/C27H32N6O6/c28-14-24(35)31-21(13-17-15-30-19-9-5-4-8-18(17)19)26(37)32-20(10-11-23(29)34)25(36)33-22(27(38)39)12-16-6-2-1-3-7-16/h1-9,15,20-22,30H,10-14,28H2,(H2,29,34)(H,31,35)(H,32,37)(H,33,36)(H,38,39). The first kappa shape index (κ1) is 28.9. The monoisotopic (exact) mass is 536 g/mol. The number of benzene rings is 2. The summed E-state index contributed by atoms with van der Waals surface area (Å²) in [7, 11) is 0. The van der Waals surface area contributed by atoms with Crippen molar-refractivity contribution in [3.05, 3.63) is 71.9 Å². The topological polar surface area (TPSA) is 209 Å². The van der Waals surface area contributed by atoms with Crippen molar-refractivity contribution in [2.24, 2.45) is 11.5 Å². The third-order valence-electron chi connectivity index (χ3n) is 6.15. The van der Waals surface area contributed by atoms with Gasteiger partial charge in [0.1, 0.15) is 18.1 Å². The van der Waals surface area contributed by atoms with Gasteiger partial charge in [-0.1, -0.05) is 48.5 Å². The molecule has 12 heteroatoms. The van der Waals surface area contributed by atoms with Crippen molar-refractivity contribution in [3.63, 3.8) is 0 Å². The number of carbonyl (C=O) groups is 5. The van der Waals surface area contributed by atoms with E-state index in [0.29, 0.717) is 5.56 Å². The number of hydrogen-bond acceptors (Lipinski definition) is 6. The molecule has 0 aliphatic rings. The molecule has 0 bridgehead atoms. The van der Waals surface area contributed by atoms with Crippen LogP contribution in [0.1, 0.15) is 24.0 Å². The van der Waals surface area contributed by atoms with E-state index in [0.717, 1.165) is 16.5 Å². The van der Waals surface area contributed by atoms with Crippen LogP contribution in [0.2, 0.25) is 0 Å². The number of H-pyrrole nitrogens is 1.